The van der Waals surface area contributed by atoms with E-state index in [1.54, 1.807) is 18.2 Å². The quantitative estimate of drug-likeness (QED) is 0.523. The zero-order chi connectivity index (χ0) is 23.5. The Labute approximate surface area is 193 Å². The van der Waals surface area contributed by atoms with Crippen molar-refractivity contribution in [1.82, 2.24) is 0 Å². The lowest BCUT2D eigenvalue weighted by Crippen LogP contribution is -2.32. The van der Waals surface area contributed by atoms with Crippen LogP contribution in [0.1, 0.15) is 23.6 Å². The molecular formula is C27H26N2O4. The highest BCUT2D eigenvalue weighted by atomic mass is 16.5. The second-order valence-electron chi connectivity index (χ2n) is 7.78. The first-order chi connectivity index (χ1) is 16.0. The smallest absolute Gasteiger partial charge is 0.282 e. The molecule has 0 atom stereocenters. The summed E-state index contributed by atoms with van der Waals surface area (Å²) in [6, 6.07) is 20.4. The first-order valence-corrected chi connectivity index (χ1v) is 10.7. The van der Waals surface area contributed by atoms with E-state index in [2.05, 4.69) is 12.2 Å². The fraction of sp³-hybridized carbons (Fsp3) is 0.185. The standard InChI is InChI=1S/C27H26N2O4/c1-5-18-8-12-20(13-9-18)28-25-24(19-10-6-17(2)7-11-19)26(30)29(27(25)31)21-14-15-22(32-3)23(16-21)33-4/h6-16,28H,5H2,1-4H3. The molecule has 0 unspecified atom stereocenters. The number of nitrogens with one attached hydrogen (secondary N) is 1. The Morgan fingerprint density at radius 3 is 2.09 bits per heavy atom. The molecule has 1 heterocycles. The average Bonchev–Trinajstić information content (AvgIpc) is 3.08. The van der Waals surface area contributed by atoms with E-state index < -0.39 is 11.8 Å². The van der Waals surface area contributed by atoms with Gasteiger partial charge in [-0.15, -0.1) is 0 Å². The number of anilines is 2. The van der Waals surface area contributed by atoms with E-state index in [9.17, 15) is 9.59 Å². The fourth-order valence-electron chi connectivity index (χ4n) is 3.80. The summed E-state index contributed by atoms with van der Waals surface area (Å²) in [6.07, 6.45) is 0.919. The van der Waals surface area contributed by atoms with Crippen LogP contribution in [0.4, 0.5) is 11.4 Å². The van der Waals surface area contributed by atoms with E-state index in [1.165, 1.54) is 24.7 Å². The highest BCUT2D eigenvalue weighted by Gasteiger charge is 2.40. The third kappa shape index (κ3) is 4.20. The molecule has 3 aromatic carbocycles. The lowest BCUT2D eigenvalue weighted by molar-refractivity contribution is -0.120. The molecule has 0 aromatic heterocycles. The van der Waals surface area contributed by atoms with Gasteiger partial charge in [-0.05, 0) is 48.7 Å². The molecule has 0 bridgehead atoms. The van der Waals surface area contributed by atoms with Crippen molar-refractivity contribution in [1.29, 1.82) is 0 Å². The van der Waals surface area contributed by atoms with E-state index in [4.69, 9.17) is 9.47 Å². The van der Waals surface area contributed by atoms with Gasteiger partial charge in [0.05, 0.1) is 25.5 Å². The Balaban J connectivity index is 1.79. The Bertz CT molecular complexity index is 1230. The van der Waals surface area contributed by atoms with Crippen LogP contribution in [0.3, 0.4) is 0 Å². The largest absolute Gasteiger partial charge is 0.493 e. The normalized spacial score (nSPS) is 13.5. The van der Waals surface area contributed by atoms with Gasteiger partial charge in [-0.25, -0.2) is 4.90 Å². The Morgan fingerprint density at radius 2 is 1.48 bits per heavy atom. The number of amides is 2. The third-order valence-corrected chi connectivity index (χ3v) is 5.68. The first-order valence-electron chi connectivity index (χ1n) is 10.7. The van der Waals surface area contributed by atoms with Gasteiger partial charge in [-0.3, -0.25) is 9.59 Å². The minimum atomic E-state index is -0.428. The molecule has 168 valence electrons. The molecule has 0 saturated heterocycles. The fourth-order valence-corrected chi connectivity index (χ4v) is 3.80. The van der Waals surface area contributed by atoms with Gasteiger partial charge in [-0.2, -0.15) is 0 Å². The van der Waals surface area contributed by atoms with Crippen molar-refractivity contribution in [3.8, 4) is 11.5 Å². The predicted octanol–water partition coefficient (Wildman–Crippen LogP) is 4.97. The molecule has 2 amide bonds. The highest BCUT2D eigenvalue weighted by Crippen LogP contribution is 2.37. The van der Waals surface area contributed by atoms with Crippen molar-refractivity contribution in [2.75, 3.05) is 24.4 Å². The maximum absolute atomic E-state index is 13.6. The van der Waals surface area contributed by atoms with Gasteiger partial charge in [0.15, 0.2) is 11.5 Å². The van der Waals surface area contributed by atoms with Gasteiger partial charge in [0.1, 0.15) is 5.70 Å². The van der Waals surface area contributed by atoms with Gasteiger partial charge < -0.3 is 14.8 Å². The second-order valence-corrected chi connectivity index (χ2v) is 7.78. The lowest BCUT2D eigenvalue weighted by atomic mass is 10.0. The van der Waals surface area contributed by atoms with Gasteiger partial charge in [-0.1, -0.05) is 48.9 Å². The molecule has 0 aliphatic carbocycles. The molecule has 4 rings (SSSR count). The van der Waals surface area contributed by atoms with Crippen molar-refractivity contribution in [3.05, 3.63) is 89.1 Å². The zero-order valence-electron chi connectivity index (χ0n) is 19.1. The van der Waals surface area contributed by atoms with Gasteiger partial charge in [0.2, 0.25) is 0 Å². The highest BCUT2D eigenvalue weighted by molar-refractivity contribution is 6.46. The number of carbonyl (C=O) groups excluding carboxylic acids is 2. The van der Waals surface area contributed by atoms with Crippen LogP contribution in [0.5, 0.6) is 11.5 Å². The molecule has 6 heteroatoms. The Hall–Kier alpha value is -4.06. The molecule has 1 aliphatic rings. The number of nitrogens with zero attached hydrogens (tertiary/aromatic N) is 1. The number of rotatable bonds is 7. The number of hydrogen-bond acceptors (Lipinski definition) is 5. The summed E-state index contributed by atoms with van der Waals surface area (Å²) in [5.74, 6) is 0.122. The van der Waals surface area contributed by atoms with Crippen molar-refractivity contribution < 1.29 is 19.1 Å². The van der Waals surface area contributed by atoms with Crippen molar-refractivity contribution in [2.24, 2.45) is 0 Å². The van der Waals surface area contributed by atoms with Gasteiger partial charge in [0.25, 0.3) is 11.8 Å². The van der Waals surface area contributed by atoms with E-state index in [0.29, 0.717) is 28.3 Å². The summed E-state index contributed by atoms with van der Waals surface area (Å²) < 4.78 is 10.7. The maximum Gasteiger partial charge on any atom is 0.282 e. The first kappa shape index (κ1) is 22.1. The van der Waals surface area contributed by atoms with Crippen LogP contribution in [0.15, 0.2) is 72.4 Å². The van der Waals surface area contributed by atoms with Crippen molar-refractivity contribution in [2.45, 2.75) is 20.3 Å². The number of aryl methyl sites for hydroxylation is 2. The summed E-state index contributed by atoms with van der Waals surface area (Å²) in [5.41, 5.74) is 4.64. The number of hydrogen-bond donors (Lipinski definition) is 1. The van der Waals surface area contributed by atoms with E-state index in [-0.39, 0.29) is 5.70 Å². The number of imide groups is 1. The molecule has 33 heavy (non-hydrogen) atoms. The van der Waals surface area contributed by atoms with Gasteiger partial charge in [0, 0.05) is 11.8 Å². The van der Waals surface area contributed by atoms with E-state index in [1.807, 2.05) is 55.5 Å². The molecule has 0 fully saturated rings. The predicted molar refractivity (Wildman–Crippen MR) is 130 cm³/mol. The number of methoxy groups -OCH3 is 2. The number of ether oxygens (including phenoxy) is 2. The third-order valence-electron chi connectivity index (χ3n) is 5.68. The Morgan fingerprint density at radius 1 is 0.818 bits per heavy atom. The van der Waals surface area contributed by atoms with Gasteiger partial charge >= 0.3 is 0 Å². The summed E-state index contributed by atoms with van der Waals surface area (Å²) >= 11 is 0. The maximum atomic E-state index is 13.6. The topological polar surface area (TPSA) is 67.9 Å². The zero-order valence-corrected chi connectivity index (χ0v) is 19.1. The lowest BCUT2D eigenvalue weighted by Gasteiger charge is -2.17. The van der Waals surface area contributed by atoms with Crippen LogP contribution in [0.2, 0.25) is 0 Å². The molecule has 0 spiro atoms. The monoisotopic (exact) mass is 442 g/mol. The molecule has 0 radical (unpaired) electrons. The summed E-state index contributed by atoms with van der Waals surface area (Å²) in [4.78, 5) is 28.3. The molecule has 1 N–H and O–H groups in total. The summed E-state index contributed by atoms with van der Waals surface area (Å²) in [6.45, 7) is 4.06. The molecular weight excluding hydrogens is 416 g/mol. The van der Waals surface area contributed by atoms with E-state index >= 15 is 0 Å². The van der Waals surface area contributed by atoms with Crippen LogP contribution < -0.4 is 19.7 Å². The SMILES string of the molecule is CCc1ccc(NC2=C(c3ccc(C)cc3)C(=O)N(c3ccc(OC)c(OC)c3)C2=O)cc1. The summed E-state index contributed by atoms with van der Waals surface area (Å²) in [5, 5.41) is 3.20. The molecule has 1 aliphatic heterocycles. The number of benzene rings is 3. The molecule has 3 aromatic rings. The molecule has 0 saturated carbocycles. The van der Waals surface area contributed by atoms with Crippen LogP contribution >= 0.6 is 0 Å². The minimum Gasteiger partial charge on any atom is -0.493 e. The van der Waals surface area contributed by atoms with E-state index in [0.717, 1.165) is 17.7 Å². The van der Waals surface area contributed by atoms with Crippen LogP contribution in [0, 0.1) is 6.92 Å². The number of carbonyl (C=O) groups is 2. The van der Waals surface area contributed by atoms with Crippen molar-refractivity contribution in [3.63, 3.8) is 0 Å². The summed E-state index contributed by atoms with van der Waals surface area (Å²) in [7, 11) is 3.05. The van der Waals surface area contributed by atoms with Crippen molar-refractivity contribution >= 4 is 28.8 Å². The average molecular weight is 443 g/mol. The second kappa shape index (κ2) is 9.20. The van der Waals surface area contributed by atoms with Crippen LogP contribution in [-0.4, -0.2) is 26.0 Å². The van der Waals surface area contributed by atoms with Crippen LogP contribution in [-0.2, 0) is 16.0 Å². The Kier molecular flexibility index (Phi) is 6.18. The van der Waals surface area contributed by atoms with Crippen LogP contribution in [0.25, 0.3) is 5.57 Å². The molecule has 6 nitrogen and oxygen atoms in total. The minimum absolute atomic E-state index is 0.239.